The van der Waals surface area contributed by atoms with Crippen molar-refractivity contribution >= 4 is 11.6 Å². The molecule has 0 saturated carbocycles. The van der Waals surface area contributed by atoms with E-state index in [2.05, 4.69) is 4.98 Å². The number of nitrogens with zero attached hydrogens (tertiary/aromatic N) is 2. The number of ether oxygens (including phenoxy) is 1. The lowest BCUT2D eigenvalue weighted by Gasteiger charge is -2.31. The molecule has 3 rings (SSSR count). The molecule has 0 bridgehead atoms. The third-order valence-electron chi connectivity index (χ3n) is 4.38. The molecule has 5 nitrogen and oxygen atoms in total. The number of likely N-dealkylation sites (tertiary alicyclic amines) is 1. The molecule has 0 radical (unpaired) electrons. The third kappa shape index (κ3) is 3.57. The van der Waals surface area contributed by atoms with Gasteiger partial charge in [0.2, 0.25) is 0 Å². The van der Waals surface area contributed by atoms with Crippen LogP contribution in [-0.4, -0.2) is 41.6 Å². The van der Waals surface area contributed by atoms with Crippen LogP contribution in [-0.2, 0) is 4.74 Å². The van der Waals surface area contributed by atoms with Gasteiger partial charge in [0.05, 0.1) is 17.5 Å². The zero-order valence-corrected chi connectivity index (χ0v) is 13.9. The molecule has 2 aromatic rings. The van der Waals surface area contributed by atoms with Gasteiger partial charge in [0.1, 0.15) is 0 Å². The van der Waals surface area contributed by atoms with Crippen LogP contribution in [0.1, 0.15) is 30.1 Å². The van der Waals surface area contributed by atoms with E-state index in [1.54, 1.807) is 6.20 Å². The van der Waals surface area contributed by atoms with Gasteiger partial charge in [0.25, 0.3) is 5.91 Å². The summed E-state index contributed by atoms with van der Waals surface area (Å²) in [7, 11) is 0. The zero-order chi connectivity index (χ0) is 16.9. The Bertz CT molecular complexity index is 692. The monoisotopic (exact) mass is 325 g/mol. The van der Waals surface area contributed by atoms with Crippen LogP contribution in [0.4, 0.5) is 5.69 Å². The summed E-state index contributed by atoms with van der Waals surface area (Å²) < 4.78 is 5.64. The average molecular weight is 325 g/mol. The minimum Gasteiger partial charge on any atom is -0.397 e. The second-order valence-corrected chi connectivity index (χ2v) is 5.97. The van der Waals surface area contributed by atoms with Crippen LogP contribution < -0.4 is 5.73 Å². The molecule has 0 spiro atoms. The van der Waals surface area contributed by atoms with E-state index >= 15 is 0 Å². The first kappa shape index (κ1) is 16.5. The van der Waals surface area contributed by atoms with Gasteiger partial charge in [-0.15, -0.1) is 0 Å². The number of benzene rings is 1. The Morgan fingerprint density at radius 2 is 1.96 bits per heavy atom. The topological polar surface area (TPSA) is 68.5 Å². The summed E-state index contributed by atoms with van der Waals surface area (Å²) in [6, 6.07) is 11.1. The standard InChI is InChI=1S/C19H23N3O2/c1-2-24-16-9-12-22(13-10-16)19(23)15-7-5-14(6-8-15)18-17(20)4-3-11-21-18/h3-8,11,16H,2,9-10,12-13,20H2,1H3. The highest BCUT2D eigenvalue weighted by Gasteiger charge is 2.23. The minimum atomic E-state index is 0.0745. The van der Waals surface area contributed by atoms with Gasteiger partial charge in [-0.05, 0) is 44.0 Å². The third-order valence-corrected chi connectivity index (χ3v) is 4.38. The first-order valence-electron chi connectivity index (χ1n) is 8.41. The van der Waals surface area contributed by atoms with Crippen LogP contribution >= 0.6 is 0 Å². The predicted octanol–water partition coefficient (Wildman–Crippen LogP) is 2.97. The van der Waals surface area contributed by atoms with Crippen LogP contribution in [0.5, 0.6) is 0 Å². The van der Waals surface area contributed by atoms with Gasteiger partial charge in [0.15, 0.2) is 0 Å². The largest absolute Gasteiger partial charge is 0.397 e. The van der Waals surface area contributed by atoms with Crippen molar-refractivity contribution in [1.29, 1.82) is 0 Å². The smallest absolute Gasteiger partial charge is 0.253 e. The molecule has 24 heavy (non-hydrogen) atoms. The Labute approximate surface area is 142 Å². The number of anilines is 1. The number of hydrogen-bond donors (Lipinski definition) is 1. The van der Waals surface area contributed by atoms with Crippen molar-refractivity contribution in [2.75, 3.05) is 25.4 Å². The summed E-state index contributed by atoms with van der Waals surface area (Å²) >= 11 is 0. The molecule has 1 saturated heterocycles. The number of nitrogens with two attached hydrogens (primary N) is 1. The Kier molecular flexibility index (Phi) is 5.11. The number of hydrogen-bond acceptors (Lipinski definition) is 4. The van der Waals surface area contributed by atoms with Crippen LogP contribution in [0.25, 0.3) is 11.3 Å². The van der Waals surface area contributed by atoms with E-state index in [1.165, 1.54) is 0 Å². The fraction of sp³-hybridized carbons (Fsp3) is 0.368. The number of amides is 1. The van der Waals surface area contributed by atoms with E-state index in [-0.39, 0.29) is 12.0 Å². The fourth-order valence-corrected chi connectivity index (χ4v) is 3.07. The molecule has 1 aromatic carbocycles. The molecule has 1 aliphatic rings. The summed E-state index contributed by atoms with van der Waals surface area (Å²) in [5.41, 5.74) is 8.95. The van der Waals surface area contributed by atoms with Gasteiger partial charge in [-0.3, -0.25) is 9.78 Å². The molecule has 0 unspecified atom stereocenters. The van der Waals surface area contributed by atoms with Gasteiger partial charge in [-0.25, -0.2) is 0 Å². The van der Waals surface area contributed by atoms with Crippen molar-refractivity contribution in [3.63, 3.8) is 0 Å². The lowest BCUT2D eigenvalue weighted by molar-refractivity contribution is 0.0146. The maximum Gasteiger partial charge on any atom is 0.253 e. The van der Waals surface area contributed by atoms with Crippen molar-refractivity contribution in [1.82, 2.24) is 9.88 Å². The van der Waals surface area contributed by atoms with Crippen LogP contribution in [0, 0.1) is 0 Å². The number of aromatic nitrogens is 1. The molecule has 1 aliphatic heterocycles. The Morgan fingerprint density at radius 3 is 2.58 bits per heavy atom. The lowest BCUT2D eigenvalue weighted by Crippen LogP contribution is -2.40. The first-order valence-corrected chi connectivity index (χ1v) is 8.41. The molecule has 2 N–H and O–H groups in total. The summed E-state index contributed by atoms with van der Waals surface area (Å²) in [4.78, 5) is 18.8. The second kappa shape index (κ2) is 7.45. The van der Waals surface area contributed by atoms with Crippen molar-refractivity contribution in [3.8, 4) is 11.3 Å². The first-order chi connectivity index (χ1) is 11.7. The SMILES string of the molecule is CCOC1CCN(C(=O)c2ccc(-c3ncccc3N)cc2)CC1. The normalized spacial score (nSPS) is 15.5. The van der Waals surface area contributed by atoms with E-state index in [4.69, 9.17) is 10.5 Å². The van der Waals surface area contributed by atoms with Crippen LogP contribution in [0.15, 0.2) is 42.6 Å². The number of rotatable bonds is 4. The molecule has 0 atom stereocenters. The Balaban J connectivity index is 1.68. The summed E-state index contributed by atoms with van der Waals surface area (Å²) in [6.07, 6.45) is 3.81. The molecule has 2 heterocycles. The highest BCUT2D eigenvalue weighted by atomic mass is 16.5. The average Bonchev–Trinajstić information content (AvgIpc) is 2.63. The maximum absolute atomic E-state index is 12.6. The van der Waals surface area contributed by atoms with Crippen molar-refractivity contribution in [2.24, 2.45) is 0 Å². The number of carbonyl (C=O) groups is 1. The molecule has 1 amide bonds. The van der Waals surface area contributed by atoms with Crippen LogP contribution in [0.2, 0.25) is 0 Å². The van der Waals surface area contributed by atoms with E-state index in [1.807, 2.05) is 48.2 Å². The van der Waals surface area contributed by atoms with E-state index in [0.29, 0.717) is 11.3 Å². The number of pyridine rings is 1. The van der Waals surface area contributed by atoms with Crippen molar-refractivity contribution in [3.05, 3.63) is 48.2 Å². The summed E-state index contributed by atoms with van der Waals surface area (Å²) in [5.74, 6) is 0.0745. The van der Waals surface area contributed by atoms with Gasteiger partial charge >= 0.3 is 0 Å². The molecule has 0 aliphatic carbocycles. The molecule has 1 aromatic heterocycles. The minimum absolute atomic E-state index is 0.0745. The Morgan fingerprint density at radius 1 is 1.25 bits per heavy atom. The zero-order valence-electron chi connectivity index (χ0n) is 13.9. The van der Waals surface area contributed by atoms with Gasteiger partial charge < -0.3 is 15.4 Å². The quantitative estimate of drug-likeness (QED) is 0.938. The number of piperidine rings is 1. The van der Waals surface area contributed by atoms with E-state index in [0.717, 1.165) is 43.8 Å². The lowest BCUT2D eigenvalue weighted by atomic mass is 10.0. The Hall–Kier alpha value is -2.40. The van der Waals surface area contributed by atoms with E-state index in [9.17, 15) is 4.79 Å². The maximum atomic E-state index is 12.6. The molecular weight excluding hydrogens is 302 g/mol. The van der Waals surface area contributed by atoms with E-state index < -0.39 is 0 Å². The molecular formula is C19H23N3O2. The van der Waals surface area contributed by atoms with Gasteiger partial charge in [0, 0.05) is 37.0 Å². The van der Waals surface area contributed by atoms with Crippen molar-refractivity contribution in [2.45, 2.75) is 25.9 Å². The molecule has 5 heteroatoms. The predicted molar refractivity (Wildman–Crippen MR) is 94.6 cm³/mol. The number of nitrogen functional groups attached to an aromatic ring is 1. The van der Waals surface area contributed by atoms with Gasteiger partial charge in [-0.1, -0.05) is 12.1 Å². The number of carbonyl (C=O) groups excluding carboxylic acids is 1. The molecule has 126 valence electrons. The summed E-state index contributed by atoms with van der Waals surface area (Å²) in [6.45, 7) is 4.24. The summed E-state index contributed by atoms with van der Waals surface area (Å²) in [5, 5.41) is 0. The molecule has 1 fully saturated rings. The highest BCUT2D eigenvalue weighted by molar-refractivity contribution is 5.95. The highest BCUT2D eigenvalue weighted by Crippen LogP contribution is 2.24. The van der Waals surface area contributed by atoms with Crippen molar-refractivity contribution < 1.29 is 9.53 Å². The van der Waals surface area contributed by atoms with Gasteiger partial charge in [-0.2, -0.15) is 0 Å². The second-order valence-electron chi connectivity index (χ2n) is 5.97. The van der Waals surface area contributed by atoms with Crippen LogP contribution in [0.3, 0.4) is 0 Å². The fourth-order valence-electron chi connectivity index (χ4n) is 3.07.